The van der Waals surface area contributed by atoms with Gasteiger partial charge in [0.05, 0.1) is 9.79 Å². The van der Waals surface area contributed by atoms with Gasteiger partial charge in [-0.05, 0) is 55.5 Å². The van der Waals surface area contributed by atoms with E-state index in [2.05, 4.69) is 9.44 Å². The van der Waals surface area contributed by atoms with Crippen LogP contribution in [0.4, 0.5) is 8.78 Å². The zero-order valence-corrected chi connectivity index (χ0v) is 14.7. The predicted molar refractivity (Wildman–Crippen MR) is 87.8 cm³/mol. The fourth-order valence-electron chi connectivity index (χ4n) is 1.92. The topological polar surface area (TPSA) is 92.3 Å². The molecule has 0 radical (unpaired) electrons. The summed E-state index contributed by atoms with van der Waals surface area (Å²) in [5.74, 6) is -1.14. The molecule has 0 fully saturated rings. The molecule has 0 spiro atoms. The van der Waals surface area contributed by atoms with Gasteiger partial charge in [0.1, 0.15) is 11.6 Å². The number of benzene rings is 2. The molecule has 2 aromatic carbocycles. The van der Waals surface area contributed by atoms with Crippen molar-refractivity contribution in [3.05, 3.63) is 60.2 Å². The van der Waals surface area contributed by atoms with Gasteiger partial charge in [-0.1, -0.05) is 0 Å². The second kappa shape index (κ2) is 7.56. The molecule has 1 atom stereocenters. The Morgan fingerprint density at radius 2 is 1.20 bits per heavy atom. The van der Waals surface area contributed by atoms with E-state index in [1.54, 1.807) is 0 Å². The molecule has 2 rings (SSSR count). The lowest BCUT2D eigenvalue weighted by Crippen LogP contribution is -2.41. The summed E-state index contributed by atoms with van der Waals surface area (Å²) in [6, 6.07) is 7.68. The summed E-state index contributed by atoms with van der Waals surface area (Å²) in [6.07, 6.45) is 0. The summed E-state index contributed by atoms with van der Waals surface area (Å²) < 4.78 is 78.6. The van der Waals surface area contributed by atoms with Gasteiger partial charge in [0.25, 0.3) is 0 Å². The molecule has 2 N–H and O–H groups in total. The molecule has 0 saturated carbocycles. The molecule has 0 aliphatic carbocycles. The smallest absolute Gasteiger partial charge is 0.210 e. The van der Waals surface area contributed by atoms with Crippen molar-refractivity contribution in [1.82, 2.24) is 9.44 Å². The summed E-state index contributed by atoms with van der Waals surface area (Å²) in [5.41, 5.74) is 0. The standard InChI is InChI=1S/C15H16F2N2O4S2/c1-11(19-25(22,23)15-8-4-13(17)5-9-15)10-18-24(20,21)14-6-2-12(16)3-7-14/h2-9,11,18-19H,10H2,1H3. The number of hydrogen-bond donors (Lipinski definition) is 2. The van der Waals surface area contributed by atoms with E-state index in [0.717, 1.165) is 48.5 Å². The Kier molecular flexibility index (Phi) is 5.88. The molecule has 0 aliphatic rings. The van der Waals surface area contributed by atoms with Gasteiger partial charge >= 0.3 is 0 Å². The molecule has 2 aromatic rings. The van der Waals surface area contributed by atoms with Crippen LogP contribution in [0.25, 0.3) is 0 Å². The van der Waals surface area contributed by atoms with E-state index in [4.69, 9.17) is 0 Å². The fourth-order valence-corrected chi connectivity index (χ4v) is 4.29. The van der Waals surface area contributed by atoms with Crippen LogP contribution in [0.5, 0.6) is 0 Å². The van der Waals surface area contributed by atoms with E-state index < -0.39 is 37.7 Å². The molecule has 0 aliphatic heterocycles. The predicted octanol–water partition coefficient (Wildman–Crippen LogP) is 1.61. The Hall–Kier alpha value is -1.88. The monoisotopic (exact) mass is 390 g/mol. The first-order chi connectivity index (χ1) is 11.6. The summed E-state index contributed by atoms with van der Waals surface area (Å²) in [5, 5.41) is 0. The van der Waals surface area contributed by atoms with E-state index in [0.29, 0.717) is 0 Å². The molecule has 0 bridgehead atoms. The molecule has 25 heavy (non-hydrogen) atoms. The third-order valence-corrected chi connectivity index (χ3v) is 6.23. The number of nitrogens with one attached hydrogen (secondary N) is 2. The maximum atomic E-state index is 12.9. The minimum atomic E-state index is -3.92. The highest BCUT2D eigenvalue weighted by Gasteiger charge is 2.20. The van der Waals surface area contributed by atoms with Crippen molar-refractivity contribution >= 4 is 20.0 Å². The van der Waals surface area contributed by atoms with Crippen molar-refractivity contribution in [1.29, 1.82) is 0 Å². The Bertz CT molecular complexity index is 929. The van der Waals surface area contributed by atoms with Crippen molar-refractivity contribution in [3.63, 3.8) is 0 Å². The highest BCUT2D eigenvalue weighted by atomic mass is 32.2. The fraction of sp³-hybridized carbons (Fsp3) is 0.200. The van der Waals surface area contributed by atoms with Crippen molar-refractivity contribution in [2.45, 2.75) is 22.8 Å². The van der Waals surface area contributed by atoms with Crippen LogP contribution in [0.2, 0.25) is 0 Å². The molecule has 10 heteroatoms. The number of rotatable bonds is 7. The second-order valence-electron chi connectivity index (χ2n) is 5.28. The average molecular weight is 390 g/mol. The molecular weight excluding hydrogens is 374 g/mol. The lowest BCUT2D eigenvalue weighted by molar-refractivity contribution is 0.544. The van der Waals surface area contributed by atoms with Crippen molar-refractivity contribution < 1.29 is 25.6 Å². The van der Waals surface area contributed by atoms with Crippen LogP contribution in [0, 0.1) is 11.6 Å². The van der Waals surface area contributed by atoms with Crippen molar-refractivity contribution in [2.24, 2.45) is 0 Å². The molecular formula is C15H16F2N2O4S2. The van der Waals surface area contributed by atoms with Crippen LogP contribution in [-0.2, 0) is 20.0 Å². The van der Waals surface area contributed by atoms with Crippen molar-refractivity contribution in [2.75, 3.05) is 6.54 Å². The highest BCUT2D eigenvalue weighted by Crippen LogP contribution is 2.11. The second-order valence-corrected chi connectivity index (χ2v) is 8.76. The minimum absolute atomic E-state index is 0.137. The SMILES string of the molecule is CC(CNS(=O)(=O)c1ccc(F)cc1)NS(=O)(=O)c1ccc(F)cc1. The maximum Gasteiger partial charge on any atom is 0.240 e. The molecule has 1 unspecified atom stereocenters. The minimum Gasteiger partial charge on any atom is -0.210 e. The van der Waals surface area contributed by atoms with E-state index in [1.807, 2.05) is 0 Å². The van der Waals surface area contributed by atoms with Crippen LogP contribution in [0.15, 0.2) is 58.3 Å². The van der Waals surface area contributed by atoms with Crippen LogP contribution < -0.4 is 9.44 Å². The van der Waals surface area contributed by atoms with Gasteiger partial charge < -0.3 is 0 Å². The van der Waals surface area contributed by atoms with Crippen LogP contribution >= 0.6 is 0 Å². The maximum absolute atomic E-state index is 12.9. The van der Waals surface area contributed by atoms with Crippen LogP contribution in [-0.4, -0.2) is 29.4 Å². The molecule has 0 aromatic heterocycles. The summed E-state index contributed by atoms with van der Waals surface area (Å²) >= 11 is 0. The lowest BCUT2D eigenvalue weighted by Gasteiger charge is -2.15. The van der Waals surface area contributed by atoms with E-state index in [-0.39, 0.29) is 16.3 Å². The Morgan fingerprint density at radius 3 is 1.64 bits per heavy atom. The van der Waals surface area contributed by atoms with E-state index in [9.17, 15) is 25.6 Å². The third-order valence-electron chi connectivity index (χ3n) is 3.18. The molecule has 0 heterocycles. The van der Waals surface area contributed by atoms with Gasteiger partial charge in [-0.15, -0.1) is 0 Å². The van der Waals surface area contributed by atoms with Crippen LogP contribution in [0.3, 0.4) is 0 Å². The highest BCUT2D eigenvalue weighted by molar-refractivity contribution is 7.90. The first kappa shape index (κ1) is 19.4. The molecule has 136 valence electrons. The van der Waals surface area contributed by atoms with Gasteiger partial charge in [-0.3, -0.25) is 0 Å². The zero-order valence-electron chi connectivity index (χ0n) is 13.1. The van der Waals surface area contributed by atoms with E-state index in [1.165, 1.54) is 6.92 Å². The lowest BCUT2D eigenvalue weighted by atomic mass is 10.4. The molecule has 0 amide bonds. The first-order valence-electron chi connectivity index (χ1n) is 7.13. The Balaban J connectivity index is 2.01. The summed E-state index contributed by atoms with van der Waals surface area (Å²) in [4.78, 5) is -0.273. The van der Waals surface area contributed by atoms with E-state index >= 15 is 0 Å². The Morgan fingerprint density at radius 1 is 0.800 bits per heavy atom. The molecule has 6 nitrogen and oxygen atoms in total. The molecule has 0 saturated heterocycles. The van der Waals surface area contributed by atoms with Gasteiger partial charge in [0.15, 0.2) is 0 Å². The summed E-state index contributed by atoms with van der Waals surface area (Å²) in [6.45, 7) is 1.24. The van der Waals surface area contributed by atoms with Crippen molar-refractivity contribution in [3.8, 4) is 0 Å². The van der Waals surface area contributed by atoms with Gasteiger partial charge in [-0.25, -0.2) is 35.1 Å². The Labute approximate surface area is 145 Å². The summed E-state index contributed by atoms with van der Waals surface area (Å²) in [7, 11) is -7.81. The number of sulfonamides is 2. The average Bonchev–Trinajstić information content (AvgIpc) is 2.53. The first-order valence-corrected chi connectivity index (χ1v) is 10.1. The van der Waals surface area contributed by atoms with Gasteiger partial charge in [0.2, 0.25) is 20.0 Å². The van der Waals surface area contributed by atoms with Crippen LogP contribution in [0.1, 0.15) is 6.92 Å². The normalized spacial score (nSPS) is 13.6. The van der Waals surface area contributed by atoms with Gasteiger partial charge in [0, 0.05) is 12.6 Å². The third kappa shape index (κ3) is 5.30. The number of hydrogen-bond acceptors (Lipinski definition) is 4. The quantitative estimate of drug-likeness (QED) is 0.751. The largest absolute Gasteiger partial charge is 0.240 e. The number of halogens is 2. The zero-order chi connectivity index (χ0) is 18.7. The van der Waals surface area contributed by atoms with Gasteiger partial charge in [-0.2, -0.15) is 0 Å².